The molecule has 0 radical (unpaired) electrons. The third-order valence-electron chi connectivity index (χ3n) is 2.55. The van der Waals surface area contributed by atoms with E-state index in [1.54, 1.807) is 0 Å². The van der Waals surface area contributed by atoms with E-state index in [2.05, 4.69) is 39.6 Å². The van der Waals surface area contributed by atoms with Gasteiger partial charge in [0.2, 0.25) is 0 Å². The lowest BCUT2D eigenvalue weighted by atomic mass is 10.1. The molecule has 0 saturated carbocycles. The monoisotopic (exact) mass is 187 g/mol. The predicted molar refractivity (Wildman–Crippen MR) is 63.2 cm³/mol. The summed E-state index contributed by atoms with van der Waals surface area (Å²) in [4.78, 5) is 2.41. The average molecular weight is 187 g/mol. The highest BCUT2D eigenvalue weighted by Crippen LogP contribution is 2.07. The van der Waals surface area contributed by atoms with Crippen LogP contribution >= 0.6 is 0 Å². The van der Waals surface area contributed by atoms with Gasteiger partial charge in [-0.25, -0.2) is 0 Å². The molecule has 0 amide bonds. The molecule has 0 aromatic carbocycles. The Morgan fingerprint density at radius 1 is 1.08 bits per heavy atom. The van der Waals surface area contributed by atoms with E-state index in [-0.39, 0.29) is 0 Å². The Hall–Kier alpha value is -0.0400. The maximum Gasteiger partial charge on any atom is 0.00355 e. The van der Waals surface area contributed by atoms with Gasteiger partial charge in [0.05, 0.1) is 0 Å². The molecule has 0 bridgehead atoms. The molecule has 13 heavy (non-hydrogen) atoms. The maximum absolute atomic E-state index is 2.41. The summed E-state index contributed by atoms with van der Waals surface area (Å²) in [5.41, 5.74) is 0. The summed E-state index contributed by atoms with van der Waals surface area (Å²) >= 11 is 0. The molecule has 0 aromatic rings. The summed E-state index contributed by atoms with van der Waals surface area (Å²) in [7, 11) is 2.20. The predicted octanol–water partition coefficient (Wildman–Crippen LogP) is 3.79. The molecule has 1 atom stereocenters. The molecular weight excluding hydrogens is 158 g/mol. The van der Waals surface area contributed by atoms with Crippen molar-refractivity contribution < 1.29 is 0 Å². The van der Waals surface area contributed by atoms with Crippen LogP contribution in [0.1, 0.15) is 54.4 Å². The van der Waals surface area contributed by atoms with Gasteiger partial charge in [-0.2, -0.15) is 0 Å². The van der Waals surface area contributed by atoms with Crippen molar-refractivity contribution in [3.05, 3.63) is 0 Å². The largest absolute Gasteiger partial charge is 0.304 e. The minimum atomic E-state index is 0.694. The van der Waals surface area contributed by atoms with E-state index in [1.807, 2.05) is 13.8 Å². The van der Waals surface area contributed by atoms with Crippen molar-refractivity contribution in [2.45, 2.75) is 60.4 Å². The molecule has 82 valence electrons. The van der Waals surface area contributed by atoms with Crippen molar-refractivity contribution in [1.29, 1.82) is 0 Å². The highest BCUT2D eigenvalue weighted by Gasteiger charge is 2.04. The second-order valence-corrected chi connectivity index (χ2v) is 3.88. The summed E-state index contributed by atoms with van der Waals surface area (Å²) < 4.78 is 0. The average Bonchev–Trinajstić information content (AvgIpc) is 2.16. The second kappa shape index (κ2) is 10.0. The topological polar surface area (TPSA) is 3.24 Å². The summed E-state index contributed by atoms with van der Waals surface area (Å²) in [5, 5.41) is 0. The van der Waals surface area contributed by atoms with E-state index in [4.69, 9.17) is 0 Å². The Morgan fingerprint density at radius 3 is 1.85 bits per heavy atom. The van der Waals surface area contributed by atoms with E-state index < -0.39 is 0 Å². The van der Waals surface area contributed by atoms with Crippen LogP contribution in [-0.4, -0.2) is 24.5 Å². The highest BCUT2D eigenvalue weighted by molar-refractivity contribution is 4.59. The Balaban J connectivity index is 0. The maximum atomic E-state index is 2.41. The van der Waals surface area contributed by atoms with Crippen molar-refractivity contribution in [3.63, 3.8) is 0 Å². The van der Waals surface area contributed by atoms with Crippen LogP contribution in [0.5, 0.6) is 0 Å². The van der Waals surface area contributed by atoms with Gasteiger partial charge in [0, 0.05) is 6.04 Å². The zero-order valence-electron chi connectivity index (χ0n) is 10.7. The molecule has 1 unspecified atom stereocenters. The van der Waals surface area contributed by atoms with Crippen molar-refractivity contribution >= 4 is 0 Å². The van der Waals surface area contributed by atoms with Crippen LogP contribution in [0.15, 0.2) is 0 Å². The zero-order valence-corrected chi connectivity index (χ0v) is 10.7. The zero-order chi connectivity index (χ0) is 10.9. The fraction of sp³-hybridized carbons (Fsp3) is 1.00. The van der Waals surface area contributed by atoms with Gasteiger partial charge in [-0.15, -0.1) is 0 Å². The number of rotatable bonds is 5. The minimum absolute atomic E-state index is 0.694. The Kier molecular flexibility index (Phi) is 11.9. The molecule has 0 fully saturated rings. The first-order valence-corrected chi connectivity index (χ1v) is 5.78. The molecule has 0 heterocycles. The van der Waals surface area contributed by atoms with Crippen LogP contribution in [0.4, 0.5) is 0 Å². The fourth-order valence-electron chi connectivity index (χ4n) is 0.886. The second-order valence-electron chi connectivity index (χ2n) is 3.88. The van der Waals surface area contributed by atoms with Crippen molar-refractivity contribution in [3.8, 4) is 0 Å². The van der Waals surface area contributed by atoms with Crippen LogP contribution < -0.4 is 0 Å². The quantitative estimate of drug-likeness (QED) is 0.633. The molecule has 1 nitrogen and oxygen atoms in total. The van der Waals surface area contributed by atoms with Crippen LogP contribution in [0.3, 0.4) is 0 Å². The van der Waals surface area contributed by atoms with Gasteiger partial charge in [0.1, 0.15) is 0 Å². The van der Waals surface area contributed by atoms with Gasteiger partial charge in [0.15, 0.2) is 0 Å². The molecule has 0 spiro atoms. The first kappa shape index (κ1) is 15.4. The lowest BCUT2D eigenvalue weighted by molar-refractivity contribution is 0.253. The molecule has 1 heteroatoms. The molecule has 0 aromatic heterocycles. The third kappa shape index (κ3) is 9.88. The number of nitrogens with zero attached hydrogens (tertiary/aromatic N) is 1. The molecule has 0 aliphatic heterocycles. The first-order chi connectivity index (χ1) is 6.07. The lowest BCUT2D eigenvalue weighted by Crippen LogP contribution is -2.28. The SMILES string of the molecule is CC.CCC(C)CCN(C)C(C)C. The normalized spacial score (nSPS) is 12.7. The summed E-state index contributed by atoms with van der Waals surface area (Å²) in [6.45, 7) is 14.3. The lowest BCUT2D eigenvalue weighted by Gasteiger charge is -2.22. The van der Waals surface area contributed by atoms with Gasteiger partial charge in [-0.3, -0.25) is 0 Å². The fourth-order valence-corrected chi connectivity index (χ4v) is 0.886. The first-order valence-electron chi connectivity index (χ1n) is 5.78. The van der Waals surface area contributed by atoms with Crippen molar-refractivity contribution in [1.82, 2.24) is 4.90 Å². The summed E-state index contributed by atoms with van der Waals surface area (Å²) in [6.07, 6.45) is 2.65. The Morgan fingerprint density at radius 2 is 1.54 bits per heavy atom. The van der Waals surface area contributed by atoms with E-state index in [0.717, 1.165) is 5.92 Å². The summed E-state index contributed by atoms with van der Waals surface area (Å²) in [5.74, 6) is 0.885. The van der Waals surface area contributed by atoms with Crippen molar-refractivity contribution in [2.24, 2.45) is 5.92 Å². The van der Waals surface area contributed by atoms with E-state index >= 15 is 0 Å². The molecule has 0 aliphatic rings. The van der Waals surface area contributed by atoms with Crippen molar-refractivity contribution in [2.75, 3.05) is 13.6 Å². The van der Waals surface area contributed by atoms with Gasteiger partial charge >= 0.3 is 0 Å². The van der Waals surface area contributed by atoms with E-state index in [9.17, 15) is 0 Å². The van der Waals surface area contributed by atoms with E-state index in [1.165, 1.54) is 19.4 Å². The van der Waals surface area contributed by atoms with Gasteiger partial charge in [0.25, 0.3) is 0 Å². The molecule has 0 N–H and O–H groups in total. The van der Waals surface area contributed by atoms with Crippen LogP contribution in [-0.2, 0) is 0 Å². The smallest absolute Gasteiger partial charge is 0.00355 e. The molecule has 0 aliphatic carbocycles. The number of hydrogen-bond donors (Lipinski definition) is 0. The standard InChI is InChI=1S/C10H23N.C2H6/c1-6-10(4)7-8-11(5)9(2)3;1-2/h9-10H,6-8H2,1-5H3;1-2H3. The van der Waals surface area contributed by atoms with Crippen LogP contribution in [0.2, 0.25) is 0 Å². The molecule has 0 rings (SSSR count). The number of hydrogen-bond acceptors (Lipinski definition) is 1. The summed E-state index contributed by atoms with van der Waals surface area (Å²) in [6, 6.07) is 0.694. The Bertz CT molecular complexity index is 89.1. The van der Waals surface area contributed by atoms with Crippen LogP contribution in [0, 0.1) is 5.92 Å². The third-order valence-corrected chi connectivity index (χ3v) is 2.55. The minimum Gasteiger partial charge on any atom is -0.304 e. The molecule has 0 saturated heterocycles. The highest BCUT2D eigenvalue weighted by atomic mass is 15.1. The van der Waals surface area contributed by atoms with E-state index in [0.29, 0.717) is 6.04 Å². The molecular formula is C12H29N. The Labute approximate surface area is 85.5 Å². The van der Waals surface area contributed by atoms with Gasteiger partial charge in [-0.05, 0) is 39.8 Å². The van der Waals surface area contributed by atoms with Gasteiger partial charge in [-0.1, -0.05) is 34.1 Å². The van der Waals surface area contributed by atoms with Crippen LogP contribution in [0.25, 0.3) is 0 Å². The van der Waals surface area contributed by atoms with Gasteiger partial charge < -0.3 is 4.90 Å².